The van der Waals surface area contributed by atoms with Crippen molar-refractivity contribution in [1.82, 2.24) is 0 Å². The number of nitro benzene ring substituents is 1. The van der Waals surface area contributed by atoms with E-state index in [2.05, 4.69) is 15.9 Å². The first-order chi connectivity index (χ1) is 9.95. The quantitative estimate of drug-likeness (QED) is 0.668. The van der Waals surface area contributed by atoms with Gasteiger partial charge < -0.3 is 15.2 Å². The second kappa shape index (κ2) is 6.23. The molecule has 0 aliphatic rings. The Morgan fingerprint density at radius 3 is 2.52 bits per heavy atom. The molecule has 8 heteroatoms. The van der Waals surface area contributed by atoms with Gasteiger partial charge in [0.15, 0.2) is 0 Å². The molecule has 0 radical (unpaired) electrons. The second-order valence-corrected chi connectivity index (χ2v) is 4.72. The highest BCUT2D eigenvalue weighted by Crippen LogP contribution is 2.33. The molecule has 0 bridgehead atoms. The molecular formula is C13H9BrN2O5. The molecular weight excluding hydrogens is 344 g/mol. The molecule has 108 valence electrons. The van der Waals surface area contributed by atoms with E-state index in [4.69, 9.17) is 15.2 Å². The maximum atomic E-state index is 10.7. The molecule has 2 rings (SSSR count). The Morgan fingerprint density at radius 2 is 1.90 bits per heavy atom. The third-order valence-corrected chi connectivity index (χ3v) is 3.00. The number of nitrogens with zero attached hydrogens (tertiary/aromatic N) is 1. The van der Waals surface area contributed by atoms with E-state index < -0.39 is 11.0 Å². The van der Waals surface area contributed by atoms with Gasteiger partial charge in [0.05, 0.1) is 9.40 Å². The summed E-state index contributed by atoms with van der Waals surface area (Å²) in [6.45, 7) is 0. The van der Waals surface area contributed by atoms with Crippen LogP contribution in [0.25, 0.3) is 0 Å². The molecule has 0 atom stereocenters. The Hall–Kier alpha value is -2.61. The van der Waals surface area contributed by atoms with Crippen molar-refractivity contribution in [2.24, 2.45) is 5.73 Å². The molecule has 0 unspecified atom stereocenters. The molecule has 0 heterocycles. The van der Waals surface area contributed by atoms with E-state index >= 15 is 0 Å². The minimum Gasteiger partial charge on any atom is -0.456 e. The summed E-state index contributed by atoms with van der Waals surface area (Å²) in [5.74, 6) is 1.01. The van der Waals surface area contributed by atoms with E-state index in [0.29, 0.717) is 16.0 Å². The smallest absolute Gasteiger partial charge is 0.409 e. The number of primary amides is 1. The van der Waals surface area contributed by atoms with Crippen LogP contribution in [0.5, 0.6) is 17.2 Å². The van der Waals surface area contributed by atoms with Crippen molar-refractivity contribution < 1.29 is 19.2 Å². The summed E-state index contributed by atoms with van der Waals surface area (Å²) in [6.07, 6.45) is -0.927. The van der Waals surface area contributed by atoms with Crippen LogP contribution in [0.2, 0.25) is 0 Å². The number of hydrogen-bond acceptors (Lipinski definition) is 5. The number of carbonyl (C=O) groups excluding carboxylic acids is 1. The fourth-order valence-electron chi connectivity index (χ4n) is 1.53. The van der Waals surface area contributed by atoms with Crippen molar-refractivity contribution in [1.29, 1.82) is 0 Å². The molecule has 21 heavy (non-hydrogen) atoms. The fourth-order valence-corrected chi connectivity index (χ4v) is 1.98. The van der Waals surface area contributed by atoms with Gasteiger partial charge in [0, 0.05) is 18.2 Å². The monoisotopic (exact) mass is 352 g/mol. The molecule has 2 N–H and O–H groups in total. The average molecular weight is 353 g/mol. The Kier molecular flexibility index (Phi) is 4.39. The zero-order chi connectivity index (χ0) is 15.4. The molecule has 1 amide bonds. The first-order valence-electron chi connectivity index (χ1n) is 5.65. The highest BCUT2D eigenvalue weighted by Gasteiger charge is 2.11. The molecule has 0 fully saturated rings. The molecule has 0 aliphatic heterocycles. The Bertz CT molecular complexity index is 705. The van der Waals surface area contributed by atoms with Gasteiger partial charge in [-0.05, 0) is 34.1 Å². The Labute approximate surface area is 127 Å². The lowest BCUT2D eigenvalue weighted by atomic mass is 10.3. The van der Waals surface area contributed by atoms with Gasteiger partial charge >= 0.3 is 6.09 Å². The van der Waals surface area contributed by atoms with Crippen LogP contribution in [-0.4, -0.2) is 11.0 Å². The zero-order valence-electron chi connectivity index (χ0n) is 10.5. The lowest BCUT2D eigenvalue weighted by molar-refractivity contribution is -0.384. The van der Waals surface area contributed by atoms with Crippen molar-refractivity contribution in [3.63, 3.8) is 0 Å². The number of amides is 1. The summed E-state index contributed by atoms with van der Waals surface area (Å²) in [5.41, 5.74) is 4.87. The third-order valence-electron chi connectivity index (χ3n) is 2.38. The minimum absolute atomic E-state index is 0.0555. The summed E-state index contributed by atoms with van der Waals surface area (Å²) in [6, 6.07) is 10.4. The summed E-state index contributed by atoms with van der Waals surface area (Å²) in [5, 5.41) is 10.7. The largest absolute Gasteiger partial charge is 0.456 e. The van der Waals surface area contributed by atoms with Crippen LogP contribution in [0.3, 0.4) is 0 Å². The van der Waals surface area contributed by atoms with Gasteiger partial charge in [0.1, 0.15) is 17.2 Å². The van der Waals surface area contributed by atoms with E-state index in [1.807, 2.05) is 0 Å². The van der Waals surface area contributed by atoms with Crippen molar-refractivity contribution in [2.75, 3.05) is 0 Å². The number of ether oxygens (including phenoxy) is 2. The summed E-state index contributed by atoms with van der Waals surface area (Å²) < 4.78 is 10.7. The topological polar surface area (TPSA) is 105 Å². The molecule has 0 saturated carbocycles. The number of rotatable bonds is 4. The predicted molar refractivity (Wildman–Crippen MR) is 77.5 cm³/mol. The van der Waals surface area contributed by atoms with Crippen LogP contribution in [-0.2, 0) is 0 Å². The molecule has 0 aliphatic carbocycles. The van der Waals surface area contributed by atoms with E-state index in [-0.39, 0.29) is 11.4 Å². The van der Waals surface area contributed by atoms with Crippen molar-refractivity contribution in [3.8, 4) is 17.2 Å². The van der Waals surface area contributed by atoms with Gasteiger partial charge in [-0.15, -0.1) is 0 Å². The van der Waals surface area contributed by atoms with Crippen molar-refractivity contribution in [2.45, 2.75) is 0 Å². The fraction of sp³-hybridized carbons (Fsp3) is 0. The summed E-state index contributed by atoms with van der Waals surface area (Å²) in [7, 11) is 0. The van der Waals surface area contributed by atoms with Crippen LogP contribution in [0.4, 0.5) is 10.5 Å². The lowest BCUT2D eigenvalue weighted by Crippen LogP contribution is -2.16. The SMILES string of the molecule is NC(=O)Oc1cccc(Oc2ccc([N+](=O)[O-])cc2Br)c1. The van der Waals surface area contributed by atoms with Crippen LogP contribution in [0, 0.1) is 10.1 Å². The number of benzene rings is 2. The molecule has 2 aromatic rings. The highest BCUT2D eigenvalue weighted by molar-refractivity contribution is 9.10. The van der Waals surface area contributed by atoms with Gasteiger partial charge in [-0.25, -0.2) is 4.79 Å². The van der Waals surface area contributed by atoms with E-state index in [0.717, 1.165) is 0 Å². The number of halogens is 1. The van der Waals surface area contributed by atoms with Gasteiger partial charge in [-0.2, -0.15) is 0 Å². The first-order valence-corrected chi connectivity index (χ1v) is 6.44. The number of carbonyl (C=O) groups is 1. The number of hydrogen-bond donors (Lipinski definition) is 1. The van der Waals surface area contributed by atoms with E-state index in [9.17, 15) is 14.9 Å². The zero-order valence-corrected chi connectivity index (χ0v) is 12.1. The average Bonchev–Trinajstić information content (AvgIpc) is 2.40. The van der Waals surface area contributed by atoms with Crippen LogP contribution in [0.1, 0.15) is 0 Å². The van der Waals surface area contributed by atoms with E-state index in [1.54, 1.807) is 18.2 Å². The normalized spacial score (nSPS) is 9.95. The Balaban J connectivity index is 2.22. The maximum absolute atomic E-state index is 10.7. The Morgan fingerprint density at radius 1 is 1.19 bits per heavy atom. The number of nitro groups is 1. The highest BCUT2D eigenvalue weighted by atomic mass is 79.9. The molecule has 2 aromatic carbocycles. The number of non-ortho nitro benzene ring substituents is 1. The van der Waals surface area contributed by atoms with Gasteiger partial charge in [-0.3, -0.25) is 10.1 Å². The van der Waals surface area contributed by atoms with Gasteiger partial charge in [-0.1, -0.05) is 6.07 Å². The second-order valence-electron chi connectivity index (χ2n) is 3.87. The number of nitrogens with two attached hydrogens (primary N) is 1. The van der Waals surface area contributed by atoms with Crippen LogP contribution in [0.15, 0.2) is 46.9 Å². The van der Waals surface area contributed by atoms with Crippen LogP contribution >= 0.6 is 15.9 Å². The molecule has 0 saturated heterocycles. The standard InChI is InChI=1S/C13H9BrN2O5/c14-11-6-8(16(18)19)4-5-12(11)20-9-2-1-3-10(7-9)21-13(15)17/h1-7H,(H2,15,17). The summed E-state index contributed by atoms with van der Waals surface area (Å²) in [4.78, 5) is 20.8. The molecule has 7 nitrogen and oxygen atoms in total. The predicted octanol–water partition coefficient (Wildman–Crippen LogP) is 3.61. The molecule has 0 aromatic heterocycles. The first kappa shape index (κ1) is 14.8. The third kappa shape index (κ3) is 3.93. The van der Waals surface area contributed by atoms with Gasteiger partial charge in [0.25, 0.3) is 5.69 Å². The maximum Gasteiger partial charge on any atom is 0.409 e. The van der Waals surface area contributed by atoms with Crippen LogP contribution < -0.4 is 15.2 Å². The minimum atomic E-state index is -0.927. The van der Waals surface area contributed by atoms with Gasteiger partial charge in [0.2, 0.25) is 0 Å². The summed E-state index contributed by atoms with van der Waals surface area (Å²) >= 11 is 3.20. The lowest BCUT2D eigenvalue weighted by Gasteiger charge is -2.08. The van der Waals surface area contributed by atoms with Crippen molar-refractivity contribution >= 4 is 27.7 Å². The van der Waals surface area contributed by atoms with E-state index in [1.165, 1.54) is 24.3 Å². The molecule has 0 spiro atoms. The van der Waals surface area contributed by atoms with Crippen molar-refractivity contribution in [3.05, 3.63) is 57.1 Å².